The molecule has 3 nitrogen and oxygen atoms in total. The van der Waals surface area contributed by atoms with Gasteiger partial charge in [0.15, 0.2) is 0 Å². The van der Waals surface area contributed by atoms with Crippen LogP contribution in [-0.4, -0.2) is 18.3 Å². The average molecular weight is 234 g/mol. The van der Waals surface area contributed by atoms with Crippen LogP contribution in [0.1, 0.15) is 30.8 Å². The Kier molecular flexibility index (Phi) is 3.82. The Morgan fingerprint density at radius 1 is 1.35 bits per heavy atom. The minimum Gasteiger partial charge on any atom is -0.458 e. The number of aliphatic hydroxyl groups is 1. The van der Waals surface area contributed by atoms with Gasteiger partial charge in [0.25, 0.3) is 0 Å². The van der Waals surface area contributed by atoms with Crippen LogP contribution in [0.25, 0.3) is 11.0 Å². The van der Waals surface area contributed by atoms with Crippen LogP contribution in [0.15, 0.2) is 28.7 Å². The highest BCUT2D eigenvalue weighted by Gasteiger charge is 2.13. The van der Waals surface area contributed by atoms with Crippen LogP contribution < -0.4 is 0 Å². The van der Waals surface area contributed by atoms with E-state index in [2.05, 4.69) is 0 Å². The molecule has 1 atom stereocenters. The molecule has 1 unspecified atom stereocenters. The van der Waals surface area contributed by atoms with Crippen molar-refractivity contribution in [3.05, 3.63) is 35.6 Å². The van der Waals surface area contributed by atoms with Crippen LogP contribution in [0.4, 0.5) is 0 Å². The van der Waals surface area contributed by atoms with Gasteiger partial charge in [0.2, 0.25) is 0 Å². The Balaban J connectivity index is 2.12. The maximum Gasteiger partial charge on any atom is 0.136 e. The zero-order valence-electron chi connectivity index (χ0n) is 10.3. The van der Waals surface area contributed by atoms with Crippen molar-refractivity contribution in [2.45, 2.75) is 26.4 Å². The number of fused-ring (bicyclic) bond motifs is 1. The number of benzene rings is 1. The molecule has 0 fully saturated rings. The Morgan fingerprint density at radius 2 is 2.18 bits per heavy atom. The molecular weight excluding hydrogens is 216 g/mol. The highest BCUT2D eigenvalue weighted by molar-refractivity contribution is 5.78. The van der Waals surface area contributed by atoms with Gasteiger partial charge in [-0.15, -0.1) is 0 Å². The van der Waals surface area contributed by atoms with E-state index in [1.165, 1.54) is 5.56 Å². The topological polar surface area (TPSA) is 42.6 Å². The summed E-state index contributed by atoms with van der Waals surface area (Å²) in [5.41, 5.74) is 1.99. The van der Waals surface area contributed by atoms with Crippen molar-refractivity contribution >= 4 is 11.0 Å². The van der Waals surface area contributed by atoms with Gasteiger partial charge in [-0.1, -0.05) is 18.6 Å². The minimum absolute atomic E-state index is 0.284. The lowest BCUT2D eigenvalue weighted by atomic mass is 10.2. The zero-order valence-corrected chi connectivity index (χ0v) is 10.3. The molecular formula is C14H18O3. The van der Waals surface area contributed by atoms with Crippen LogP contribution in [0.2, 0.25) is 0 Å². The Hall–Kier alpha value is -1.32. The van der Waals surface area contributed by atoms with Crippen LogP contribution in [0, 0.1) is 6.92 Å². The fraction of sp³-hybridized carbons (Fsp3) is 0.429. The third-order valence-electron chi connectivity index (χ3n) is 2.64. The first kappa shape index (κ1) is 12.1. The molecule has 1 heterocycles. The predicted molar refractivity (Wildman–Crippen MR) is 67.0 cm³/mol. The second-order valence-electron chi connectivity index (χ2n) is 4.28. The second-order valence-corrected chi connectivity index (χ2v) is 4.28. The summed E-state index contributed by atoms with van der Waals surface area (Å²) in [6.07, 6.45) is 0.265. The third kappa shape index (κ3) is 2.87. The minimum atomic E-state index is -0.686. The van der Waals surface area contributed by atoms with Crippen LogP contribution in [-0.2, 0) is 4.74 Å². The average Bonchev–Trinajstić information content (AvgIpc) is 2.72. The van der Waals surface area contributed by atoms with Gasteiger partial charge in [-0.05, 0) is 31.5 Å². The molecule has 17 heavy (non-hydrogen) atoms. The monoisotopic (exact) mass is 234 g/mol. The van der Waals surface area contributed by atoms with Gasteiger partial charge < -0.3 is 14.3 Å². The lowest BCUT2D eigenvalue weighted by Crippen LogP contribution is -2.06. The van der Waals surface area contributed by atoms with Crippen molar-refractivity contribution in [3.8, 4) is 0 Å². The van der Waals surface area contributed by atoms with Crippen molar-refractivity contribution in [1.29, 1.82) is 0 Å². The Labute approximate surface area is 101 Å². The largest absolute Gasteiger partial charge is 0.458 e. The molecule has 0 saturated carbocycles. The van der Waals surface area contributed by atoms with Gasteiger partial charge in [0, 0.05) is 12.0 Å². The second kappa shape index (κ2) is 5.34. The first-order valence-corrected chi connectivity index (χ1v) is 5.96. The molecule has 0 amide bonds. The lowest BCUT2D eigenvalue weighted by Gasteiger charge is -2.07. The molecule has 0 aliphatic carbocycles. The lowest BCUT2D eigenvalue weighted by molar-refractivity contribution is 0.0261. The summed E-state index contributed by atoms with van der Waals surface area (Å²) in [5.74, 6) is 0.571. The number of aliphatic hydroxyl groups excluding tert-OH is 1. The van der Waals surface area contributed by atoms with E-state index in [0.717, 1.165) is 17.4 Å². The molecule has 2 rings (SSSR count). The fourth-order valence-electron chi connectivity index (χ4n) is 1.77. The van der Waals surface area contributed by atoms with Gasteiger partial charge in [0.1, 0.15) is 17.4 Å². The molecule has 0 spiro atoms. The molecule has 1 aromatic heterocycles. The van der Waals surface area contributed by atoms with E-state index in [0.29, 0.717) is 12.4 Å². The molecule has 2 aromatic rings. The molecule has 0 radical (unpaired) electrons. The van der Waals surface area contributed by atoms with Crippen LogP contribution in [0.3, 0.4) is 0 Å². The number of hydrogen-bond acceptors (Lipinski definition) is 3. The normalized spacial score (nSPS) is 13.1. The van der Waals surface area contributed by atoms with Crippen LogP contribution >= 0.6 is 0 Å². The third-order valence-corrected chi connectivity index (χ3v) is 2.64. The van der Waals surface area contributed by atoms with Crippen molar-refractivity contribution in [2.24, 2.45) is 0 Å². The molecule has 92 valence electrons. The SMILES string of the molecule is CCCOCC(O)c1cc2cc(C)ccc2o1. The number of aryl methyl sites for hydroxylation is 1. The molecule has 1 N–H and O–H groups in total. The number of furan rings is 1. The number of ether oxygens (including phenoxy) is 1. The van der Waals surface area contributed by atoms with Gasteiger partial charge in [-0.2, -0.15) is 0 Å². The summed E-state index contributed by atoms with van der Waals surface area (Å²) in [7, 11) is 0. The maximum absolute atomic E-state index is 9.90. The van der Waals surface area contributed by atoms with Crippen molar-refractivity contribution < 1.29 is 14.3 Å². The van der Waals surface area contributed by atoms with E-state index < -0.39 is 6.10 Å². The van der Waals surface area contributed by atoms with Gasteiger partial charge in [-0.25, -0.2) is 0 Å². The van der Waals surface area contributed by atoms with E-state index in [1.807, 2.05) is 38.1 Å². The van der Waals surface area contributed by atoms with Gasteiger partial charge in [0.05, 0.1) is 6.61 Å². The van der Waals surface area contributed by atoms with E-state index in [9.17, 15) is 5.11 Å². The van der Waals surface area contributed by atoms with E-state index in [-0.39, 0.29) is 6.61 Å². The van der Waals surface area contributed by atoms with Crippen molar-refractivity contribution in [3.63, 3.8) is 0 Å². The first-order chi connectivity index (χ1) is 8.20. The summed E-state index contributed by atoms with van der Waals surface area (Å²) in [5, 5.41) is 10.9. The van der Waals surface area contributed by atoms with E-state index >= 15 is 0 Å². The molecule has 0 bridgehead atoms. The number of hydrogen-bond donors (Lipinski definition) is 1. The molecule has 1 aromatic carbocycles. The molecule has 0 saturated heterocycles. The first-order valence-electron chi connectivity index (χ1n) is 5.96. The van der Waals surface area contributed by atoms with Crippen LogP contribution in [0.5, 0.6) is 0 Å². The maximum atomic E-state index is 9.90. The molecule has 3 heteroatoms. The summed E-state index contributed by atoms with van der Waals surface area (Å²) >= 11 is 0. The highest BCUT2D eigenvalue weighted by Crippen LogP contribution is 2.24. The Morgan fingerprint density at radius 3 is 2.94 bits per heavy atom. The van der Waals surface area contributed by atoms with Crippen molar-refractivity contribution in [2.75, 3.05) is 13.2 Å². The summed E-state index contributed by atoms with van der Waals surface area (Å²) in [4.78, 5) is 0. The smallest absolute Gasteiger partial charge is 0.136 e. The summed E-state index contributed by atoms with van der Waals surface area (Å²) in [6.45, 7) is 5.02. The quantitative estimate of drug-likeness (QED) is 0.808. The fourth-order valence-corrected chi connectivity index (χ4v) is 1.77. The molecule has 0 aliphatic rings. The summed E-state index contributed by atoms with van der Waals surface area (Å²) < 4.78 is 10.9. The molecule has 0 aliphatic heterocycles. The summed E-state index contributed by atoms with van der Waals surface area (Å²) in [6, 6.07) is 7.84. The highest BCUT2D eigenvalue weighted by atomic mass is 16.5. The van der Waals surface area contributed by atoms with Crippen molar-refractivity contribution in [1.82, 2.24) is 0 Å². The van der Waals surface area contributed by atoms with Gasteiger partial charge >= 0.3 is 0 Å². The zero-order chi connectivity index (χ0) is 12.3. The standard InChI is InChI=1S/C14H18O3/c1-3-6-16-9-12(15)14-8-11-7-10(2)4-5-13(11)17-14/h4-5,7-8,12,15H,3,6,9H2,1-2H3. The predicted octanol–water partition coefficient (Wildman–Crippen LogP) is 3.20. The van der Waals surface area contributed by atoms with Gasteiger partial charge in [-0.3, -0.25) is 0 Å². The van der Waals surface area contributed by atoms with E-state index in [4.69, 9.17) is 9.15 Å². The number of rotatable bonds is 5. The Bertz CT molecular complexity index is 487. The van der Waals surface area contributed by atoms with E-state index in [1.54, 1.807) is 0 Å².